The molecular formula is C16H26N4O3. The Balaban J connectivity index is 1.58. The number of carbonyl (C=O) groups is 3. The fraction of sp³-hybridized carbons (Fsp3) is 0.812. The molecule has 1 spiro atoms. The lowest BCUT2D eigenvalue weighted by Crippen LogP contribution is -2.57. The summed E-state index contributed by atoms with van der Waals surface area (Å²) in [4.78, 5) is 40.2. The van der Waals surface area contributed by atoms with E-state index in [2.05, 4.69) is 17.6 Å². The molecule has 2 unspecified atom stereocenters. The van der Waals surface area contributed by atoms with E-state index in [1.807, 2.05) is 11.8 Å². The molecule has 0 aromatic rings. The van der Waals surface area contributed by atoms with Gasteiger partial charge in [0, 0.05) is 38.1 Å². The standard InChI is InChI=1S/C16H26N4O3/c1-11-12(2)19(10-8-17-11)13(21)5-9-20-14(22)16(18-15(20)23)6-3-4-7-16/h11-12,17H,3-10H2,1-2H3,(H,18,23). The highest BCUT2D eigenvalue weighted by atomic mass is 16.2. The maximum Gasteiger partial charge on any atom is 0.325 e. The number of nitrogens with one attached hydrogen (secondary N) is 2. The van der Waals surface area contributed by atoms with E-state index in [9.17, 15) is 14.4 Å². The highest BCUT2D eigenvalue weighted by Gasteiger charge is 2.52. The normalized spacial score (nSPS) is 30.2. The SMILES string of the molecule is CC1NCCN(C(=O)CCN2C(=O)NC3(CCCC3)C2=O)C1C. The molecular weight excluding hydrogens is 296 g/mol. The van der Waals surface area contributed by atoms with Crippen LogP contribution in [0.1, 0.15) is 46.0 Å². The summed E-state index contributed by atoms with van der Waals surface area (Å²) in [6.07, 6.45) is 3.57. The molecule has 3 fully saturated rings. The van der Waals surface area contributed by atoms with E-state index in [1.54, 1.807) is 0 Å². The fourth-order valence-electron chi connectivity index (χ4n) is 3.96. The quantitative estimate of drug-likeness (QED) is 0.739. The van der Waals surface area contributed by atoms with E-state index in [-0.39, 0.29) is 42.9 Å². The average molecular weight is 322 g/mol. The van der Waals surface area contributed by atoms with Crippen molar-refractivity contribution in [1.29, 1.82) is 0 Å². The first kappa shape index (κ1) is 16.2. The molecule has 0 radical (unpaired) electrons. The van der Waals surface area contributed by atoms with Crippen molar-refractivity contribution >= 4 is 17.8 Å². The van der Waals surface area contributed by atoms with Gasteiger partial charge in [-0.2, -0.15) is 0 Å². The van der Waals surface area contributed by atoms with Gasteiger partial charge in [-0.1, -0.05) is 12.8 Å². The van der Waals surface area contributed by atoms with Gasteiger partial charge in [0.2, 0.25) is 5.91 Å². The van der Waals surface area contributed by atoms with E-state index in [1.165, 1.54) is 4.90 Å². The molecule has 3 aliphatic rings. The molecule has 1 aliphatic carbocycles. The maximum absolute atomic E-state index is 12.6. The van der Waals surface area contributed by atoms with Crippen molar-refractivity contribution < 1.29 is 14.4 Å². The van der Waals surface area contributed by atoms with Gasteiger partial charge in [-0.3, -0.25) is 14.5 Å². The zero-order valence-electron chi connectivity index (χ0n) is 13.9. The van der Waals surface area contributed by atoms with Crippen molar-refractivity contribution in [3.8, 4) is 0 Å². The second kappa shape index (κ2) is 6.11. The van der Waals surface area contributed by atoms with Crippen LogP contribution in [0.5, 0.6) is 0 Å². The third-order valence-electron chi connectivity index (χ3n) is 5.61. The van der Waals surface area contributed by atoms with Crippen LogP contribution in [-0.2, 0) is 9.59 Å². The Hall–Kier alpha value is -1.63. The third kappa shape index (κ3) is 2.82. The van der Waals surface area contributed by atoms with Crippen LogP contribution in [-0.4, -0.2) is 64.9 Å². The Morgan fingerprint density at radius 3 is 2.65 bits per heavy atom. The summed E-state index contributed by atoms with van der Waals surface area (Å²) in [5.41, 5.74) is -0.684. The summed E-state index contributed by atoms with van der Waals surface area (Å²) >= 11 is 0. The minimum Gasteiger partial charge on any atom is -0.337 e. The molecule has 2 atom stereocenters. The largest absolute Gasteiger partial charge is 0.337 e. The summed E-state index contributed by atoms with van der Waals surface area (Å²) in [7, 11) is 0. The van der Waals surface area contributed by atoms with Crippen molar-refractivity contribution in [2.45, 2.75) is 63.6 Å². The predicted molar refractivity (Wildman–Crippen MR) is 84.7 cm³/mol. The van der Waals surface area contributed by atoms with Gasteiger partial charge in [0.25, 0.3) is 5.91 Å². The Labute approximate surface area is 136 Å². The van der Waals surface area contributed by atoms with Gasteiger partial charge in [0.15, 0.2) is 0 Å². The minimum absolute atomic E-state index is 0.0128. The lowest BCUT2D eigenvalue weighted by molar-refractivity contribution is -0.136. The van der Waals surface area contributed by atoms with Crippen molar-refractivity contribution in [2.75, 3.05) is 19.6 Å². The average Bonchev–Trinajstić information content (AvgIpc) is 3.07. The number of hydrogen-bond acceptors (Lipinski definition) is 4. The molecule has 2 saturated heterocycles. The molecule has 2 aliphatic heterocycles. The van der Waals surface area contributed by atoms with Crippen LogP contribution in [0.3, 0.4) is 0 Å². The van der Waals surface area contributed by atoms with Crippen molar-refractivity contribution in [1.82, 2.24) is 20.4 Å². The molecule has 2 heterocycles. The number of nitrogens with zero attached hydrogens (tertiary/aromatic N) is 2. The zero-order chi connectivity index (χ0) is 16.6. The van der Waals surface area contributed by atoms with Gasteiger partial charge in [0.1, 0.15) is 5.54 Å². The topological polar surface area (TPSA) is 81.8 Å². The van der Waals surface area contributed by atoms with Gasteiger partial charge in [-0.05, 0) is 26.7 Å². The number of urea groups is 1. The Morgan fingerprint density at radius 2 is 1.96 bits per heavy atom. The van der Waals surface area contributed by atoms with Gasteiger partial charge >= 0.3 is 6.03 Å². The summed E-state index contributed by atoms with van der Waals surface area (Å²) in [6.45, 7) is 5.72. The smallest absolute Gasteiger partial charge is 0.325 e. The number of rotatable bonds is 3. The Morgan fingerprint density at radius 1 is 1.26 bits per heavy atom. The first-order valence-corrected chi connectivity index (χ1v) is 8.61. The van der Waals surface area contributed by atoms with E-state index in [0.29, 0.717) is 19.4 Å². The molecule has 2 N–H and O–H groups in total. The van der Waals surface area contributed by atoms with Crippen molar-refractivity contribution in [3.05, 3.63) is 0 Å². The van der Waals surface area contributed by atoms with Crippen LogP contribution in [0.4, 0.5) is 4.79 Å². The Bertz CT molecular complexity index is 515. The summed E-state index contributed by atoms with van der Waals surface area (Å²) < 4.78 is 0. The van der Waals surface area contributed by atoms with Crippen molar-refractivity contribution in [3.63, 3.8) is 0 Å². The predicted octanol–water partition coefficient (Wildman–Crippen LogP) is 0.450. The van der Waals surface area contributed by atoms with E-state index < -0.39 is 5.54 Å². The molecule has 1 saturated carbocycles. The van der Waals surface area contributed by atoms with E-state index >= 15 is 0 Å². The van der Waals surface area contributed by atoms with E-state index in [0.717, 1.165) is 19.4 Å². The van der Waals surface area contributed by atoms with Crippen LogP contribution < -0.4 is 10.6 Å². The molecule has 7 heteroatoms. The maximum atomic E-state index is 12.6. The Kier molecular flexibility index (Phi) is 4.31. The number of imide groups is 1. The number of hydrogen-bond donors (Lipinski definition) is 2. The van der Waals surface area contributed by atoms with Crippen molar-refractivity contribution in [2.24, 2.45) is 0 Å². The monoisotopic (exact) mass is 322 g/mol. The molecule has 0 aromatic heterocycles. The lowest BCUT2D eigenvalue weighted by Gasteiger charge is -2.38. The van der Waals surface area contributed by atoms with Crippen LogP contribution >= 0.6 is 0 Å². The number of piperazine rings is 1. The molecule has 0 aromatic carbocycles. The van der Waals surface area contributed by atoms with Crippen LogP contribution in [0.15, 0.2) is 0 Å². The summed E-state index contributed by atoms with van der Waals surface area (Å²) in [5, 5.41) is 6.19. The van der Waals surface area contributed by atoms with E-state index in [4.69, 9.17) is 0 Å². The molecule has 7 nitrogen and oxygen atoms in total. The summed E-state index contributed by atoms with van der Waals surface area (Å²) in [6, 6.07) is 0.0399. The van der Waals surface area contributed by atoms with Gasteiger partial charge < -0.3 is 15.5 Å². The first-order chi connectivity index (χ1) is 10.9. The lowest BCUT2D eigenvalue weighted by atomic mass is 9.98. The fourth-order valence-corrected chi connectivity index (χ4v) is 3.96. The second-order valence-corrected chi connectivity index (χ2v) is 7.00. The summed E-state index contributed by atoms with van der Waals surface area (Å²) in [5.74, 6) is -0.131. The highest BCUT2D eigenvalue weighted by molar-refractivity contribution is 6.07. The minimum atomic E-state index is -0.684. The number of amides is 4. The van der Waals surface area contributed by atoms with Crippen LogP contribution in [0.25, 0.3) is 0 Å². The third-order valence-corrected chi connectivity index (χ3v) is 5.61. The number of carbonyl (C=O) groups excluding carboxylic acids is 3. The molecule has 4 amide bonds. The van der Waals surface area contributed by atoms with Crippen LogP contribution in [0.2, 0.25) is 0 Å². The molecule has 23 heavy (non-hydrogen) atoms. The first-order valence-electron chi connectivity index (χ1n) is 8.61. The second-order valence-electron chi connectivity index (χ2n) is 7.00. The van der Waals surface area contributed by atoms with Crippen LogP contribution in [0, 0.1) is 0 Å². The molecule has 3 rings (SSSR count). The molecule has 128 valence electrons. The highest BCUT2D eigenvalue weighted by Crippen LogP contribution is 2.35. The zero-order valence-corrected chi connectivity index (χ0v) is 13.9. The van der Waals surface area contributed by atoms with Gasteiger partial charge in [0.05, 0.1) is 0 Å². The van der Waals surface area contributed by atoms with Gasteiger partial charge in [-0.25, -0.2) is 4.79 Å². The molecule has 0 bridgehead atoms. The van der Waals surface area contributed by atoms with Gasteiger partial charge in [-0.15, -0.1) is 0 Å².